The standard InChI is InChI=1S/C23H21F4NO4S/c1-31-21-7-3-5-17(13-21)18-8-9-19(22(24)14-18)15-32-11-10-16-4-2-6-20(12-16)28-33(29,30)23(25,26)27/h2-9,12-14,28H,10-11,15H2,1H3. The average molecular weight is 483 g/mol. The van der Waals surface area contributed by atoms with Crippen LogP contribution in [0.4, 0.5) is 23.2 Å². The van der Waals surface area contributed by atoms with Gasteiger partial charge in [-0.1, -0.05) is 36.4 Å². The van der Waals surface area contributed by atoms with Gasteiger partial charge in [-0.2, -0.15) is 21.6 Å². The van der Waals surface area contributed by atoms with Crippen molar-refractivity contribution in [1.82, 2.24) is 0 Å². The van der Waals surface area contributed by atoms with E-state index in [2.05, 4.69) is 0 Å². The van der Waals surface area contributed by atoms with Gasteiger partial charge in [0.2, 0.25) is 0 Å². The molecule has 0 aliphatic heterocycles. The van der Waals surface area contributed by atoms with Crippen molar-refractivity contribution in [3.63, 3.8) is 0 Å². The molecule has 0 aromatic heterocycles. The smallest absolute Gasteiger partial charge is 0.497 e. The molecule has 1 N–H and O–H groups in total. The van der Waals surface area contributed by atoms with Crippen molar-refractivity contribution in [3.05, 3.63) is 83.7 Å². The molecular formula is C23H21F4NO4S. The predicted molar refractivity (Wildman–Crippen MR) is 117 cm³/mol. The molecule has 0 radical (unpaired) electrons. The third-order valence-electron chi connectivity index (χ3n) is 4.73. The molecule has 0 atom stereocenters. The summed E-state index contributed by atoms with van der Waals surface area (Å²) in [6, 6.07) is 17.6. The number of sulfonamides is 1. The van der Waals surface area contributed by atoms with Crippen LogP contribution in [0, 0.1) is 5.82 Å². The van der Waals surface area contributed by atoms with Gasteiger partial charge >= 0.3 is 15.5 Å². The van der Waals surface area contributed by atoms with E-state index in [0.29, 0.717) is 28.9 Å². The molecule has 176 valence electrons. The maximum Gasteiger partial charge on any atom is 0.516 e. The average Bonchev–Trinajstić information content (AvgIpc) is 2.77. The highest BCUT2D eigenvalue weighted by atomic mass is 32.2. The fraction of sp³-hybridized carbons (Fsp3) is 0.217. The summed E-state index contributed by atoms with van der Waals surface area (Å²) >= 11 is 0. The third-order valence-corrected chi connectivity index (χ3v) is 5.85. The molecule has 5 nitrogen and oxygen atoms in total. The van der Waals surface area contributed by atoms with Gasteiger partial charge in [-0.25, -0.2) is 4.39 Å². The first-order chi connectivity index (χ1) is 15.6. The van der Waals surface area contributed by atoms with E-state index in [9.17, 15) is 26.0 Å². The minimum absolute atomic E-state index is 0.00458. The van der Waals surface area contributed by atoms with E-state index >= 15 is 0 Å². The first-order valence-electron chi connectivity index (χ1n) is 9.78. The Hall–Kier alpha value is -3.11. The van der Waals surface area contributed by atoms with E-state index in [1.807, 2.05) is 12.1 Å². The molecule has 3 aromatic carbocycles. The van der Waals surface area contributed by atoms with Gasteiger partial charge in [0, 0.05) is 11.3 Å². The number of rotatable bonds is 9. The van der Waals surface area contributed by atoms with Crippen molar-refractivity contribution in [1.29, 1.82) is 0 Å². The number of hydrogen-bond acceptors (Lipinski definition) is 4. The van der Waals surface area contributed by atoms with Crippen LogP contribution in [-0.4, -0.2) is 27.6 Å². The Kier molecular flexibility index (Phi) is 7.60. The molecule has 33 heavy (non-hydrogen) atoms. The van der Waals surface area contributed by atoms with Crippen molar-refractivity contribution in [2.24, 2.45) is 0 Å². The van der Waals surface area contributed by atoms with Crippen LogP contribution in [0.25, 0.3) is 11.1 Å². The molecule has 0 saturated heterocycles. The zero-order chi connectivity index (χ0) is 24.1. The number of ether oxygens (including phenoxy) is 2. The highest BCUT2D eigenvalue weighted by Crippen LogP contribution is 2.27. The Balaban J connectivity index is 1.56. The minimum Gasteiger partial charge on any atom is -0.497 e. The second-order valence-corrected chi connectivity index (χ2v) is 8.77. The Bertz CT molecular complexity index is 1210. The molecule has 3 rings (SSSR count). The Labute approximate surface area is 189 Å². The molecule has 3 aromatic rings. The van der Waals surface area contributed by atoms with Crippen molar-refractivity contribution in [2.45, 2.75) is 18.5 Å². The highest BCUT2D eigenvalue weighted by Gasteiger charge is 2.46. The van der Waals surface area contributed by atoms with Gasteiger partial charge in [-0.3, -0.25) is 4.72 Å². The van der Waals surface area contributed by atoms with Crippen LogP contribution in [0.1, 0.15) is 11.1 Å². The molecular weight excluding hydrogens is 462 g/mol. The first-order valence-corrected chi connectivity index (χ1v) is 11.3. The zero-order valence-corrected chi connectivity index (χ0v) is 18.3. The lowest BCUT2D eigenvalue weighted by Gasteiger charge is -2.12. The number of nitrogens with one attached hydrogen (secondary N) is 1. The summed E-state index contributed by atoms with van der Waals surface area (Å²) in [6.45, 7) is 0.164. The van der Waals surface area contributed by atoms with E-state index < -0.39 is 21.3 Å². The summed E-state index contributed by atoms with van der Waals surface area (Å²) in [5.41, 5.74) is -3.20. The predicted octanol–water partition coefficient (Wildman–Crippen LogP) is 5.52. The van der Waals surface area contributed by atoms with Crippen LogP contribution in [0.15, 0.2) is 66.7 Å². The van der Waals surface area contributed by atoms with Crippen LogP contribution >= 0.6 is 0 Å². The number of anilines is 1. The number of methoxy groups -OCH3 is 1. The molecule has 0 saturated carbocycles. The van der Waals surface area contributed by atoms with Gasteiger partial charge in [0.05, 0.1) is 20.3 Å². The quantitative estimate of drug-likeness (QED) is 0.322. The van der Waals surface area contributed by atoms with E-state index in [4.69, 9.17) is 9.47 Å². The number of halogens is 4. The molecule has 0 bridgehead atoms. The maximum atomic E-state index is 14.5. The summed E-state index contributed by atoms with van der Waals surface area (Å²) in [7, 11) is -3.94. The molecule has 0 aliphatic carbocycles. The van der Waals surface area contributed by atoms with Crippen molar-refractivity contribution >= 4 is 15.7 Å². The molecule has 10 heteroatoms. The summed E-state index contributed by atoms with van der Waals surface area (Å²) in [5.74, 6) is 0.231. The van der Waals surface area contributed by atoms with Gasteiger partial charge in [0.1, 0.15) is 11.6 Å². The SMILES string of the molecule is COc1cccc(-c2ccc(COCCc3cccc(NS(=O)(=O)C(F)(F)F)c3)c(F)c2)c1. The molecule has 0 fully saturated rings. The summed E-state index contributed by atoms with van der Waals surface area (Å²) in [5, 5.41) is 0. The second-order valence-electron chi connectivity index (χ2n) is 7.09. The van der Waals surface area contributed by atoms with E-state index in [1.165, 1.54) is 29.0 Å². The lowest BCUT2D eigenvalue weighted by Crippen LogP contribution is -2.29. The summed E-state index contributed by atoms with van der Waals surface area (Å²) in [4.78, 5) is 0. The lowest BCUT2D eigenvalue weighted by atomic mass is 10.0. The zero-order valence-electron chi connectivity index (χ0n) is 17.5. The maximum absolute atomic E-state index is 14.5. The normalized spacial score (nSPS) is 11.9. The van der Waals surface area contributed by atoms with Crippen LogP contribution in [0.2, 0.25) is 0 Å². The Morgan fingerprint density at radius 2 is 1.67 bits per heavy atom. The fourth-order valence-corrected chi connectivity index (χ4v) is 3.58. The number of hydrogen-bond donors (Lipinski definition) is 1. The van der Waals surface area contributed by atoms with Crippen LogP contribution in [0.5, 0.6) is 5.75 Å². The molecule has 0 unspecified atom stereocenters. The summed E-state index contributed by atoms with van der Waals surface area (Å²) in [6.07, 6.45) is 0.297. The minimum atomic E-state index is -5.49. The van der Waals surface area contributed by atoms with Crippen LogP contribution in [-0.2, 0) is 27.8 Å². The lowest BCUT2D eigenvalue weighted by molar-refractivity contribution is -0.0429. The molecule has 0 spiro atoms. The van der Waals surface area contributed by atoms with Crippen molar-refractivity contribution in [2.75, 3.05) is 18.4 Å². The number of alkyl halides is 3. The van der Waals surface area contributed by atoms with Crippen LogP contribution < -0.4 is 9.46 Å². The van der Waals surface area contributed by atoms with Crippen LogP contribution in [0.3, 0.4) is 0 Å². The summed E-state index contributed by atoms with van der Waals surface area (Å²) < 4.78 is 86.7. The highest BCUT2D eigenvalue weighted by molar-refractivity contribution is 7.93. The topological polar surface area (TPSA) is 64.6 Å². The molecule has 0 heterocycles. The van der Waals surface area contributed by atoms with Crippen molar-refractivity contribution in [3.8, 4) is 16.9 Å². The second kappa shape index (κ2) is 10.2. The molecule has 0 amide bonds. The first kappa shape index (κ1) is 24.5. The van der Waals surface area contributed by atoms with Gasteiger partial charge < -0.3 is 9.47 Å². The van der Waals surface area contributed by atoms with Crippen molar-refractivity contribution < 1.29 is 35.5 Å². The van der Waals surface area contributed by atoms with E-state index in [-0.39, 0.29) is 18.9 Å². The van der Waals surface area contributed by atoms with Gasteiger partial charge in [0.25, 0.3) is 0 Å². The van der Waals surface area contributed by atoms with E-state index in [1.54, 1.807) is 37.4 Å². The fourth-order valence-electron chi connectivity index (χ4n) is 3.02. The van der Waals surface area contributed by atoms with Gasteiger partial charge in [-0.05, 0) is 53.4 Å². The van der Waals surface area contributed by atoms with Gasteiger partial charge in [-0.15, -0.1) is 0 Å². The Morgan fingerprint density at radius 1 is 0.939 bits per heavy atom. The third kappa shape index (κ3) is 6.45. The van der Waals surface area contributed by atoms with Gasteiger partial charge in [0.15, 0.2) is 0 Å². The Morgan fingerprint density at radius 3 is 2.36 bits per heavy atom. The largest absolute Gasteiger partial charge is 0.516 e. The number of benzene rings is 3. The van der Waals surface area contributed by atoms with E-state index in [0.717, 1.165) is 5.56 Å². The molecule has 0 aliphatic rings. The monoisotopic (exact) mass is 483 g/mol.